The minimum Gasteiger partial charge on any atom is -0.348 e. The van der Waals surface area contributed by atoms with E-state index in [0.29, 0.717) is 5.92 Å². The Kier molecular flexibility index (Phi) is 8.86. The number of unbranched alkanes of at least 4 members (excludes halogenated alkanes) is 3. The molecule has 2 fully saturated rings. The molecule has 1 aliphatic carbocycles. The van der Waals surface area contributed by atoms with Crippen LogP contribution in [0.25, 0.3) is 0 Å². The topological polar surface area (TPSA) is 18.5 Å². The third kappa shape index (κ3) is 6.07. The van der Waals surface area contributed by atoms with E-state index in [0.717, 1.165) is 25.0 Å². The fourth-order valence-corrected chi connectivity index (χ4v) is 5.14. The molecule has 1 heterocycles. The molecule has 28 heavy (non-hydrogen) atoms. The van der Waals surface area contributed by atoms with Crippen molar-refractivity contribution in [2.24, 2.45) is 17.8 Å². The summed E-state index contributed by atoms with van der Waals surface area (Å²) in [6, 6.07) is 6.81. The first-order valence-corrected chi connectivity index (χ1v) is 12.0. The van der Waals surface area contributed by atoms with Gasteiger partial charge in [0.2, 0.25) is 0 Å². The van der Waals surface area contributed by atoms with Gasteiger partial charge in [0.05, 0.1) is 13.2 Å². The molecule has 0 amide bonds. The summed E-state index contributed by atoms with van der Waals surface area (Å²) >= 11 is 0. The van der Waals surface area contributed by atoms with E-state index in [2.05, 4.69) is 39.0 Å². The maximum absolute atomic E-state index is 6.22. The molecule has 1 aliphatic heterocycles. The number of ether oxygens (including phenoxy) is 2. The Balaban J connectivity index is 1.44. The molecule has 1 aromatic rings. The van der Waals surface area contributed by atoms with E-state index in [9.17, 15) is 0 Å². The molecule has 0 spiro atoms. The maximum Gasteiger partial charge on any atom is 0.184 e. The van der Waals surface area contributed by atoms with Gasteiger partial charge in [0.15, 0.2) is 6.29 Å². The lowest BCUT2D eigenvalue weighted by atomic mass is 9.74. The molecule has 1 aromatic carbocycles. The van der Waals surface area contributed by atoms with Crippen LogP contribution in [0.1, 0.15) is 101 Å². The first kappa shape index (κ1) is 21.8. The Hall–Kier alpha value is -0.860. The van der Waals surface area contributed by atoms with Crippen molar-refractivity contribution in [3.05, 3.63) is 34.9 Å². The van der Waals surface area contributed by atoms with E-state index >= 15 is 0 Å². The van der Waals surface area contributed by atoms with E-state index in [-0.39, 0.29) is 6.29 Å². The fraction of sp³-hybridized carbons (Fsp3) is 0.769. The van der Waals surface area contributed by atoms with Crippen LogP contribution < -0.4 is 0 Å². The highest BCUT2D eigenvalue weighted by molar-refractivity contribution is 5.32. The van der Waals surface area contributed by atoms with Crippen LogP contribution in [0.15, 0.2) is 18.2 Å². The summed E-state index contributed by atoms with van der Waals surface area (Å²) in [4.78, 5) is 0. The molecule has 158 valence electrons. The van der Waals surface area contributed by atoms with Crippen LogP contribution in [0.3, 0.4) is 0 Å². The largest absolute Gasteiger partial charge is 0.348 e. The molecule has 2 aliphatic rings. The van der Waals surface area contributed by atoms with Crippen molar-refractivity contribution in [1.82, 2.24) is 0 Å². The Labute approximate surface area is 173 Å². The smallest absolute Gasteiger partial charge is 0.184 e. The Morgan fingerprint density at radius 1 is 0.857 bits per heavy atom. The van der Waals surface area contributed by atoms with Crippen molar-refractivity contribution < 1.29 is 9.47 Å². The second-order valence-corrected chi connectivity index (χ2v) is 9.33. The van der Waals surface area contributed by atoms with E-state index in [4.69, 9.17) is 9.47 Å². The van der Waals surface area contributed by atoms with Crippen LogP contribution in [0.5, 0.6) is 0 Å². The average Bonchev–Trinajstić information content (AvgIpc) is 2.73. The number of hydrogen-bond acceptors (Lipinski definition) is 2. The number of aryl methyl sites for hydroxylation is 2. The van der Waals surface area contributed by atoms with Crippen LogP contribution in [0, 0.1) is 24.7 Å². The highest BCUT2D eigenvalue weighted by Gasteiger charge is 2.32. The molecule has 0 radical (unpaired) electrons. The SMILES string of the molecule is CCCCC[C@H]1CC[C@H](C2COC(c3ccc(CCCC)cc3C)OC2)CC1. The van der Waals surface area contributed by atoms with Gasteiger partial charge >= 0.3 is 0 Å². The van der Waals surface area contributed by atoms with Gasteiger partial charge in [0.25, 0.3) is 0 Å². The summed E-state index contributed by atoms with van der Waals surface area (Å²) in [5.74, 6) is 2.38. The first-order chi connectivity index (χ1) is 13.7. The molecule has 1 saturated heterocycles. The van der Waals surface area contributed by atoms with Crippen LogP contribution in [-0.4, -0.2) is 13.2 Å². The van der Waals surface area contributed by atoms with Crippen molar-refractivity contribution in [2.75, 3.05) is 13.2 Å². The molecule has 1 saturated carbocycles. The number of rotatable bonds is 9. The lowest BCUT2D eigenvalue weighted by Crippen LogP contribution is -2.34. The van der Waals surface area contributed by atoms with Crippen LogP contribution in [0.4, 0.5) is 0 Å². The van der Waals surface area contributed by atoms with Gasteiger partial charge in [-0.25, -0.2) is 0 Å². The van der Waals surface area contributed by atoms with Gasteiger partial charge in [-0.3, -0.25) is 0 Å². The van der Waals surface area contributed by atoms with E-state index < -0.39 is 0 Å². The summed E-state index contributed by atoms with van der Waals surface area (Å²) in [6.45, 7) is 8.49. The van der Waals surface area contributed by atoms with Gasteiger partial charge in [0.1, 0.15) is 0 Å². The van der Waals surface area contributed by atoms with Gasteiger partial charge in [-0.15, -0.1) is 0 Å². The van der Waals surface area contributed by atoms with Crippen molar-refractivity contribution in [3.8, 4) is 0 Å². The molecule has 0 unspecified atom stereocenters. The Morgan fingerprint density at radius 2 is 1.57 bits per heavy atom. The van der Waals surface area contributed by atoms with Gasteiger partial charge in [0, 0.05) is 11.5 Å². The predicted molar refractivity (Wildman–Crippen MR) is 118 cm³/mol. The van der Waals surface area contributed by atoms with Crippen molar-refractivity contribution in [3.63, 3.8) is 0 Å². The third-order valence-corrected chi connectivity index (χ3v) is 7.10. The van der Waals surface area contributed by atoms with Gasteiger partial charge in [-0.2, -0.15) is 0 Å². The summed E-state index contributed by atoms with van der Waals surface area (Å²) in [5, 5.41) is 0. The molecule has 0 N–H and O–H groups in total. The van der Waals surface area contributed by atoms with Crippen molar-refractivity contribution in [1.29, 1.82) is 0 Å². The summed E-state index contributed by atoms with van der Waals surface area (Å²) in [7, 11) is 0. The van der Waals surface area contributed by atoms with Crippen LogP contribution in [0.2, 0.25) is 0 Å². The normalized spacial score (nSPS) is 28.4. The summed E-state index contributed by atoms with van der Waals surface area (Å²) < 4.78 is 12.4. The zero-order chi connectivity index (χ0) is 19.8. The van der Waals surface area contributed by atoms with E-state index in [1.54, 1.807) is 0 Å². The Bertz CT molecular complexity index is 566. The summed E-state index contributed by atoms with van der Waals surface area (Å²) in [5.41, 5.74) is 3.97. The molecular weight excluding hydrogens is 344 g/mol. The molecule has 2 nitrogen and oxygen atoms in total. The van der Waals surface area contributed by atoms with E-state index in [1.165, 1.54) is 87.3 Å². The second-order valence-electron chi connectivity index (χ2n) is 9.33. The summed E-state index contributed by atoms with van der Waals surface area (Å²) in [6.07, 6.45) is 14.8. The van der Waals surface area contributed by atoms with E-state index in [1.807, 2.05) is 0 Å². The molecule has 3 rings (SSSR count). The Morgan fingerprint density at radius 3 is 2.21 bits per heavy atom. The maximum atomic E-state index is 6.22. The zero-order valence-electron chi connectivity index (χ0n) is 18.6. The monoisotopic (exact) mass is 386 g/mol. The molecule has 0 atom stereocenters. The number of benzene rings is 1. The van der Waals surface area contributed by atoms with Crippen LogP contribution >= 0.6 is 0 Å². The molecule has 0 bridgehead atoms. The predicted octanol–water partition coefficient (Wildman–Crippen LogP) is 7.39. The van der Waals surface area contributed by atoms with Crippen molar-refractivity contribution >= 4 is 0 Å². The van der Waals surface area contributed by atoms with Gasteiger partial charge < -0.3 is 9.47 Å². The van der Waals surface area contributed by atoms with Crippen molar-refractivity contribution in [2.45, 2.75) is 97.7 Å². The molecular formula is C26H42O2. The minimum absolute atomic E-state index is 0.165. The lowest BCUT2D eigenvalue weighted by molar-refractivity contribution is -0.215. The number of hydrogen-bond donors (Lipinski definition) is 0. The first-order valence-electron chi connectivity index (χ1n) is 12.0. The molecule has 0 aromatic heterocycles. The quantitative estimate of drug-likeness (QED) is 0.412. The zero-order valence-corrected chi connectivity index (χ0v) is 18.6. The lowest BCUT2D eigenvalue weighted by Gasteiger charge is -2.38. The average molecular weight is 387 g/mol. The highest BCUT2D eigenvalue weighted by atomic mass is 16.7. The fourth-order valence-electron chi connectivity index (χ4n) is 5.14. The van der Waals surface area contributed by atoms with Crippen LogP contribution in [-0.2, 0) is 15.9 Å². The highest BCUT2D eigenvalue weighted by Crippen LogP contribution is 2.39. The van der Waals surface area contributed by atoms with Gasteiger partial charge in [-0.1, -0.05) is 77.0 Å². The van der Waals surface area contributed by atoms with Gasteiger partial charge in [-0.05, 0) is 55.6 Å². The second kappa shape index (κ2) is 11.4. The standard InChI is InChI=1S/C26H42O2/c1-4-6-8-10-21-11-14-23(15-12-21)24-18-27-26(28-19-24)25-16-13-22(9-7-5-2)17-20(25)3/h13,16-17,21,23-24,26H,4-12,14-15,18-19H2,1-3H3/t21-,23-,24?,26?. The molecule has 2 heteroatoms. The minimum atomic E-state index is -0.165. The third-order valence-electron chi connectivity index (χ3n) is 7.10.